The molecule has 1 aromatic rings. The number of carbonyl (C=O) groups is 1. The number of amides is 1. The fourth-order valence-corrected chi connectivity index (χ4v) is 4.76. The highest BCUT2D eigenvalue weighted by Crippen LogP contribution is 2.48. The molecule has 2 aliphatic heterocycles. The average Bonchev–Trinajstić information content (AvgIpc) is 2.56. The van der Waals surface area contributed by atoms with Gasteiger partial charge in [0.15, 0.2) is 0 Å². The number of rotatable bonds is 3. The van der Waals surface area contributed by atoms with E-state index in [0.717, 1.165) is 41.4 Å². The van der Waals surface area contributed by atoms with Crippen molar-refractivity contribution in [2.24, 2.45) is 5.92 Å². The van der Waals surface area contributed by atoms with E-state index >= 15 is 0 Å². The summed E-state index contributed by atoms with van der Waals surface area (Å²) in [6.45, 7) is 4.16. The SMILES string of the molecule is CC1CC2CC(C1)N2C=O.CNc1ccc(Cl)c(C2CCC2(C)O)c1. The summed E-state index contributed by atoms with van der Waals surface area (Å²) in [7, 11) is 1.88. The predicted octanol–water partition coefficient (Wildman–Crippen LogP) is 4.03. The summed E-state index contributed by atoms with van der Waals surface area (Å²) >= 11 is 6.15. The molecule has 4 aliphatic rings. The van der Waals surface area contributed by atoms with Crippen LogP contribution in [0, 0.1) is 5.92 Å². The Labute approximate surface area is 155 Å². The number of benzene rings is 1. The lowest BCUT2D eigenvalue weighted by Gasteiger charge is -2.53. The molecular weight excluding hydrogens is 336 g/mol. The van der Waals surface area contributed by atoms with Crippen molar-refractivity contribution < 1.29 is 9.90 Å². The fraction of sp³-hybridized carbons (Fsp3) is 0.650. The third-order valence-corrected chi connectivity index (χ3v) is 6.55. The number of nitrogens with zero attached hydrogens (tertiary/aromatic N) is 1. The third-order valence-electron chi connectivity index (χ3n) is 6.21. The first kappa shape index (κ1) is 18.5. The Kier molecular flexibility index (Phi) is 5.31. The maximum Gasteiger partial charge on any atom is 0.210 e. The van der Waals surface area contributed by atoms with Gasteiger partial charge in [-0.1, -0.05) is 18.5 Å². The summed E-state index contributed by atoms with van der Waals surface area (Å²) < 4.78 is 0. The van der Waals surface area contributed by atoms with E-state index in [4.69, 9.17) is 11.6 Å². The van der Waals surface area contributed by atoms with Gasteiger partial charge < -0.3 is 15.3 Å². The first-order valence-electron chi connectivity index (χ1n) is 9.28. The van der Waals surface area contributed by atoms with E-state index in [1.807, 2.05) is 37.1 Å². The van der Waals surface area contributed by atoms with Crippen LogP contribution in [0.4, 0.5) is 5.69 Å². The number of hydrogen-bond acceptors (Lipinski definition) is 3. The van der Waals surface area contributed by atoms with E-state index in [9.17, 15) is 9.90 Å². The molecule has 138 valence electrons. The van der Waals surface area contributed by atoms with Gasteiger partial charge in [0.25, 0.3) is 0 Å². The molecule has 0 radical (unpaired) electrons. The summed E-state index contributed by atoms with van der Waals surface area (Å²) in [6, 6.07) is 7.06. The van der Waals surface area contributed by atoms with Crippen molar-refractivity contribution in [1.29, 1.82) is 0 Å². The molecule has 2 saturated heterocycles. The monoisotopic (exact) mass is 364 g/mol. The average molecular weight is 365 g/mol. The van der Waals surface area contributed by atoms with Gasteiger partial charge in [-0.25, -0.2) is 0 Å². The molecule has 4 atom stereocenters. The molecule has 25 heavy (non-hydrogen) atoms. The van der Waals surface area contributed by atoms with Gasteiger partial charge in [-0.2, -0.15) is 0 Å². The molecule has 5 rings (SSSR count). The predicted molar refractivity (Wildman–Crippen MR) is 102 cm³/mol. The number of piperidine rings is 1. The zero-order chi connectivity index (χ0) is 18.2. The van der Waals surface area contributed by atoms with Gasteiger partial charge in [0.1, 0.15) is 0 Å². The van der Waals surface area contributed by atoms with Crippen LogP contribution >= 0.6 is 11.6 Å². The molecule has 4 nitrogen and oxygen atoms in total. The zero-order valence-electron chi connectivity index (χ0n) is 15.3. The van der Waals surface area contributed by atoms with Crippen molar-refractivity contribution in [3.8, 4) is 0 Å². The first-order chi connectivity index (χ1) is 11.9. The van der Waals surface area contributed by atoms with Crippen LogP contribution in [-0.4, -0.2) is 41.1 Å². The largest absolute Gasteiger partial charge is 0.390 e. The highest BCUT2D eigenvalue weighted by molar-refractivity contribution is 6.31. The number of anilines is 1. The zero-order valence-corrected chi connectivity index (χ0v) is 16.1. The molecule has 0 aromatic heterocycles. The van der Waals surface area contributed by atoms with E-state index in [0.29, 0.717) is 12.1 Å². The molecular formula is C20H29ClN2O2. The van der Waals surface area contributed by atoms with E-state index in [1.165, 1.54) is 19.3 Å². The van der Waals surface area contributed by atoms with Crippen LogP contribution < -0.4 is 5.32 Å². The van der Waals surface area contributed by atoms with Gasteiger partial charge >= 0.3 is 0 Å². The van der Waals surface area contributed by atoms with Gasteiger partial charge in [-0.15, -0.1) is 0 Å². The van der Waals surface area contributed by atoms with Crippen LogP contribution in [0.5, 0.6) is 0 Å². The van der Waals surface area contributed by atoms with Crippen molar-refractivity contribution in [2.75, 3.05) is 12.4 Å². The van der Waals surface area contributed by atoms with Crippen molar-refractivity contribution in [3.63, 3.8) is 0 Å². The van der Waals surface area contributed by atoms with Crippen LogP contribution in [0.25, 0.3) is 0 Å². The summed E-state index contributed by atoms with van der Waals surface area (Å²) in [5.41, 5.74) is 1.51. The number of carbonyl (C=O) groups excluding carboxylic acids is 1. The molecule has 2 N–H and O–H groups in total. The lowest BCUT2D eigenvalue weighted by atomic mass is 9.67. The standard InChI is InChI=1S/C12H16ClNO.C8H13NO/c1-12(15)6-5-10(12)9-7-8(14-2)3-4-11(9)13;1-6-2-7-4-8(3-6)9(7)5-10/h3-4,7,10,14-15H,5-6H2,1-2H3;5-8H,2-4H2,1H3. The molecule has 2 saturated carbocycles. The molecule has 4 fully saturated rings. The molecule has 1 amide bonds. The third kappa shape index (κ3) is 3.65. The lowest BCUT2D eigenvalue weighted by molar-refractivity contribution is -0.136. The lowest BCUT2D eigenvalue weighted by Crippen LogP contribution is -2.59. The Morgan fingerprint density at radius 3 is 2.48 bits per heavy atom. The molecule has 2 heterocycles. The van der Waals surface area contributed by atoms with Crippen molar-refractivity contribution >= 4 is 23.7 Å². The van der Waals surface area contributed by atoms with Crippen molar-refractivity contribution in [3.05, 3.63) is 28.8 Å². The van der Waals surface area contributed by atoms with Gasteiger partial charge in [0.2, 0.25) is 6.41 Å². The molecule has 2 aliphatic carbocycles. The molecule has 2 bridgehead atoms. The molecule has 1 aromatic carbocycles. The van der Waals surface area contributed by atoms with Crippen LogP contribution in [0.3, 0.4) is 0 Å². The highest BCUT2D eigenvalue weighted by atomic mass is 35.5. The summed E-state index contributed by atoms with van der Waals surface area (Å²) in [6.07, 6.45) is 6.62. The minimum Gasteiger partial charge on any atom is -0.390 e. The number of halogens is 1. The topological polar surface area (TPSA) is 52.6 Å². The van der Waals surface area contributed by atoms with E-state index in [-0.39, 0.29) is 5.92 Å². The van der Waals surface area contributed by atoms with E-state index in [2.05, 4.69) is 12.2 Å². The second kappa shape index (κ2) is 7.16. The Morgan fingerprint density at radius 1 is 1.32 bits per heavy atom. The van der Waals surface area contributed by atoms with Gasteiger partial charge in [-0.3, -0.25) is 4.79 Å². The Morgan fingerprint density at radius 2 is 2.00 bits per heavy atom. The minimum atomic E-state index is -0.587. The number of aliphatic hydroxyl groups is 1. The van der Waals surface area contributed by atoms with Crippen molar-refractivity contribution in [2.45, 2.75) is 69.6 Å². The maximum absolute atomic E-state index is 10.4. The van der Waals surface area contributed by atoms with Gasteiger partial charge in [0, 0.05) is 35.8 Å². The second-order valence-electron chi connectivity index (χ2n) is 8.11. The van der Waals surface area contributed by atoms with E-state index in [1.54, 1.807) is 0 Å². The second-order valence-corrected chi connectivity index (χ2v) is 8.51. The van der Waals surface area contributed by atoms with Crippen LogP contribution in [0.2, 0.25) is 5.02 Å². The highest BCUT2D eigenvalue weighted by Gasteiger charge is 2.43. The number of hydrogen-bond donors (Lipinski definition) is 2. The van der Waals surface area contributed by atoms with Crippen molar-refractivity contribution in [1.82, 2.24) is 4.90 Å². The van der Waals surface area contributed by atoms with Crippen LogP contribution in [0.15, 0.2) is 18.2 Å². The fourth-order valence-electron chi connectivity index (χ4n) is 4.51. The van der Waals surface area contributed by atoms with Gasteiger partial charge in [-0.05, 0) is 68.7 Å². The Bertz CT molecular complexity index is 622. The van der Waals surface area contributed by atoms with E-state index < -0.39 is 5.60 Å². The Balaban J connectivity index is 0.000000157. The van der Waals surface area contributed by atoms with Crippen LogP contribution in [-0.2, 0) is 4.79 Å². The molecule has 5 heteroatoms. The van der Waals surface area contributed by atoms with Gasteiger partial charge in [0.05, 0.1) is 5.60 Å². The quantitative estimate of drug-likeness (QED) is 0.796. The minimum absolute atomic E-state index is 0.179. The molecule has 0 spiro atoms. The smallest absolute Gasteiger partial charge is 0.210 e. The number of fused-ring (bicyclic) bond motifs is 2. The summed E-state index contributed by atoms with van der Waals surface area (Å²) in [5.74, 6) is 1.03. The summed E-state index contributed by atoms with van der Waals surface area (Å²) in [5, 5.41) is 13.9. The normalized spacial score (nSPS) is 35.6. The first-order valence-corrected chi connectivity index (χ1v) is 9.65. The van der Waals surface area contributed by atoms with Crippen LogP contribution in [0.1, 0.15) is 57.4 Å². The number of nitrogens with one attached hydrogen (secondary N) is 1. The maximum atomic E-state index is 10.4. The summed E-state index contributed by atoms with van der Waals surface area (Å²) in [4.78, 5) is 12.4. The molecule has 4 unspecified atom stereocenters. The Hall–Kier alpha value is -1.26.